The van der Waals surface area contributed by atoms with Gasteiger partial charge in [0, 0.05) is 33.1 Å². The Kier molecular flexibility index (Phi) is 6.04. The normalized spacial score (nSPS) is 18.5. The van der Waals surface area contributed by atoms with Crippen molar-refractivity contribution in [2.24, 2.45) is 0 Å². The molecule has 5 aromatic carbocycles. The van der Waals surface area contributed by atoms with Crippen LogP contribution >= 0.6 is 16.3 Å². The van der Waals surface area contributed by atoms with Crippen molar-refractivity contribution in [3.05, 3.63) is 132 Å². The Hall–Kier alpha value is -3.44. The summed E-state index contributed by atoms with van der Waals surface area (Å²) in [6.45, 7) is 4.60. The molecule has 4 heteroatoms. The van der Waals surface area contributed by atoms with Crippen molar-refractivity contribution in [1.29, 1.82) is 0 Å². The van der Waals surface area contributed by atoms with E-state index in [4.69, 9.17) is 9.05 Å². The zero-order chi connectivity index (χ0) is 25.6. The molecule has 0 N–H and O–H groups in total. The summed E-state index contributed by atoms with van der Waals surface area (Å²) < 4.78 is 13.3. The molecule has 0 aromatic heterocycles. The van der Waals surface area contributed by atoms with Crippen LogP contribution in [0.15, 0.2) is 121 Å². The third-order valence-electron chi connectivity index (χ3n) is 7.64. The average Bonchev–Trinajstić information content (AvgIpc) is 2.99. The van der Waals surface area contributed by atoms with E-state index in [2.05, 4.69) is 135 Å². The van der Waals surface area contributed by atoms with Crippen molar-refractivity contribution in [2.75, 3.05) is 0 Å². The summed E-state index contributed by atoms with van der Waals surface area (Å²) in [6, 6.07) is 43.4. The summed E-state index contributed by atoms with van der Waals surface area (Å²) in [4.78, 5) is 0. The molecule has 0 aliphatic carbocycles. The molecule has 0 spiro atoms. The minimum absolute atomic E-state index is 0.271. The molecular weight excluding hydrogens is 502 g/mol. The first-order chi connectivity index (χ1) is 18.7. The van der Waals surface area contributed by atoms with Crippen LogP contribution in [-0.4, -0.2) is 0 Å². The maximum absolute atomic E-state index is 6.67. The fourth-order valence-electron chi connectivity index (χ4n) is 5.53. The summed E-state index contributed by atoms with van der Waals surface area (Å²) >= 11 is 0. The zero-order valence-corrected chi connectivity index (χ0v) is 23.2. The fraction of sp³-hybridized carbons (Fsp3) is 0.118. The molecule has 2 aliphatic rings. The topological polar surface area (TPSA) is 18.5 Å². The molecule has 4 unspecified atom stereocenters. The summed E-state index contributed by atoms with van der Waals surface area (Å²) in [5, 5.41) is 2.64. The molecule has 0 amide bonds. The quantitative estimate of drug-likeness (QED) is 0.216. The van der Waals surface area contributed by atoms with E-state index in [1.807, 2.05) is 0 Å². The Balaban J connectivity index is 1.18. The van der Waals surface area contributed by atoms with Crippen LogP contribution in [-0.2, 0) is 0 Å². The van der Waals surface area contributed by atoms with Crippen molar-refractivity contribution in [2.45, 2.75) is 25.2 Å². The third-order valence-corrected chi connectivity index (χ3v) is 12.2. The molecule has 2 heterocycles. The van der Waals surface area contributed by atoms with E-state index in [-0.39, 0.29) is 11.3 Å². The molecule has 0 radical (unpaired) electrons. The summed E-state index contributed by atoms with van der Waals surface area (Å²) in [5.74, 6) is 1.98. The van der Waals surface area contributed by atoms with Crippen LogP contribution in [0.2, 0.25) is 0 Å². The summed E-state index contributed by atoms with van der Waals surface area (Å²) in [6.07, 6.45) is 0. The Morgan fingerprint density at radius 3 is 1.18 bits per heavy atom. The average molecular weight is 531 g/mol. The van der Waals surface area contributed by atoms with Gasteiger partial charge >= 0.3 is 0 Å². The molecule has 0 bridgehead atoms. The fourth-order valence-corrected chi connectivity index (χ4v) is 9.84. The van der Waals surface area contributed by atoms with Gasteiger partial charge in [-0.2, -0.15) is 0 Å². The molecule has 2 aliphatic heterocycles. The van der Waals surface area contributed by atoms with Gasteiger partial charge < -0.3 is 9.05 Å². The highest BCUT2D eigenvalue weighted by atomic mass is 31.1. The number of benzene rings is 5. The van der Waals surface area contributed by atoms with E-state index < -0.39 is 16.3 Å². The second kappa shape index (κ2) is 9.70. The Morgan fingerprint density at radius 1 is 0.421 bits per heavy atom. The highest BCUT2D eigenvalue weighted by Gasteiger charge is 2.33. The largest absolute Gasteiger partial charge is 0.468 e. The molecular formula is C34H28O2P2. The highest BCUT2D eigenvalue weighted by Crippen LogP contribution is 2.59. The Morgan fingerprint density at radius 2 is 0.763 bits per heavy atom. The van der Waals surface area contributed by atoms with Crippen molar-refractivity contribution < 1.29 is 9.05 Å². The zero-order valence-electron chi connectivity index (χ0n) is 21.4. The van der Waals surface area contributed by atoms with E-state index >= 15 is 0 Å². The van der Waals surface area contributed by atoms with Gasteiger partial charge in [0.2, 0.25) is 0 Å². The van der Waals surface area contributed by atoms with Gasteiger partial charge in [-0.15, -0.1) is 0 Å². The standard InChI is InChI=1S/C34H28O2P2/c1-23(37-33-17-9-5-13-29(33)27-11-3-7-15-31(27)35-37)25-19-21-26(22-20-25)24(2)38-34-18-10-6-14-30(34)28-12-4-8-16-32(28)36-38/h3-24H,1-2H3. The minimum Gasteiger partial charge on any atom is -0.468 e. The second-order valence-electron chi connectivity index (χ2n) is 9.88. The van der Waals surface area contributed by atoms with E-state index in [0.29, 0.717) is 0 Å². The number of fused-ring (bicyclic) bond motifs is 6. The lowest BCUT2D eigenvalue weighted by atomic mass is 10.0. The van der Waals surface area contributed by atoms with Gasteiger partial charge in [0.25, 0.3) is 0 Å². The number of hydrogen-bond acceptors (Lipinski definition) is 2. The molecule has 186 valence electrons. The minimum atomic E-state index is -0.833. The Bertz CT molecular complexity index is 1510. The smallest absolute Gasteiger partial charge is 0.131 e. The van der Waals surface area contributed by atoms with Crippen LogP contribution in [0, 0.1) is 0 Å². The first-order valence-electron chi connectivity index (χ1n) is 13.1. The predicted molar refractivity (Wildman–Crippen MR) is 161 cm³/mol. The molecule has 0 saturated heterocycles. The molecule has 5 aromatic rings. The van der Waals surface area contributed by atoms with E-state index in [0.717, 1.165) is 11.5 Å². The monoisotopic (exact) mass is 530 g/mol. The van der Waals surface area contributed by atoms with Crippen molar-refractivity contribution in [3.8, 4) is 33.8 Å². The number of hydrogen-bond donors (Lipinski definition) is 0. The molecule has 2 nitrogen and oxygen atoms in total. The van der Waals surface area contributed by atoms with Crippen LogP contribution in [0.3, 0.4) is 0 Å². The molecule has 0 saturated carbocycles. The lowest BCUT2D eigenvalue weighted by Crippen LogP contribution is -2.18. The van der Waals surface area contributed by atoms with Crippen LogP contribution < -0.4 is 19.7 Å². The van der Waals surface area contributed by atoms with Crippen LogP contribution in [0.4, 0.5) is 0 Å². The lowest BCUT2D eigenvalue weighted by Gasteiger charge is -2.33. The van der Waals surface area contributed by atoms with Gasteiger partial charge in [-0.05, 0) is 34.4 Å². The van der Waals surface area contributed by atoms with Crippen LogP contribution in [0.25, 0.3) is 22.3 Å². The van der Waals surface area contributed by atoms with Gasteiger partial charge in [0.1, 0.15) is 27.8 Å². The predicted octanol–water partition coefficient (Wildman–Crippen LogP) is 9.37. The van der Waals surface area contributed by atoms with Crippen LogP contribution in [0.1, 0.15) is 36.3 Å². The van der Waals surface area contributed by atoms with Gasteiger partial charge in [0.05, 0.1) is 0 Å². The van der Waals surface area contributed by atoms with Gasteiger partial charge in [-0.3, -0.25) is 0 Å². The Labute approximate surface area is 227 Å². The number of rotatable bonds is 4. The molecule has 0 fully saturated rings. The van der Waals surface area contributed by atoms with Gasteiger partial charge in [-0.1, -0.05) is 123 Å². The van der Waals surface area contributed by atoms with Crippen molar-refractivity contribution in [3.63, 3.8) is 0 Å². The lowest BCUT2D eigenvalue weighted by molar-refractivity contribution is 0.609. The van der Waals surface area contributed by atoms with E-state index in [1.54, 1.807) is 0 Å². The molecule has 7 rings (SSSR count). The van der Waals surface area contributed by atoms with Crippen LogP contribution in [0.5, 0.6) is 11.5 Å². The summed E-state index contributed by atoms with van der Waals surface area (Å²) in [7, 11) is -1.67. The van der Waals surface area contributed by atoms with Gasteiger partial charge in [-0.25, -0.2) is 0 Å². The highest BCUT2D eigenvalue weighted by molar-refractivity contribution is 7.62. The first-order valence-corrected chi connectivity index (χ1v) is 15.8. The maximum atomic E-state index is 6.67. The van der Waals surface area contributed by atoms with Crippen molar-refractivity contribution >= 4 is 26.9 Å². The third kappa shape index (κ3) is 3.95. The van der Waals surface area contributed by atoms with E-state index in [1.165, 1.54) is 44.0 Å². The second-order valence-corrected chi connectivity index (χ2v) is 14.1. The molecule has 38 heavy (non-hydrogen) atoms. The SMILES string of the molecule is CC(c1ccc(C(C)P2Oc3ccccc3-c3ccccc32)cc1)P1Oc2ccccc2-c2ccccc21. The van der Waals surface area contributed by atoms with E-state index in [9.17, 15) is 0 Å². The molecule has 4 atom stereocenters. The summed E-state index contributed by atoms with van der Waals surface area (Å²) in [5.41, 5.74) is 8.14. The number of para-hydroxylation sites is 2. The van der Waals surface area contributed by atoms with Gasteiger partial charge in [0.15, 0.2) is 0 Å². The maximum Gasteiger partial charge on any atom is 0.131 e. The van der Waals surface area contributed by atoms with Crippen molar-refractivity contribution in [1.82, 2.24) is 0 Å². The first kappa shape index (κ1) is 23.7.